The molecule has 2 N–H and O–H groups in total. The van der Waals surface area contributed by atoms with Gasteiger partial charge in [-0.25, -0.2) is 18.1 Å². The zero-order valence-electron chi connectivity index (χ0n) is 16.2. The molecule has 0 bridgehead atoms. The Bertz CT molecular complexity index is 990. The van der Waals surface area contributed by atoms with Crippen LogP contribution < -0.4 is 14.8 Å². The van der Waals surface area contributed by atoms with E-state index in [2.05, 4.69) is 20.0 Å². The van der Waals surface area contributed by atoms with Crippen molar-refractivity contribution in [2.24, 2.45) is 0 Å². The first-order valence-corrected chi connectivity index (χ1v) is 11.7. The molecule has 0 atom stereocenters. The molecule has 1 aromatic carbocycles. The number of nitrogens with zero attached hydrogens (tertiary/aromatic N) is 2. The number of benzene rings is 1. The summed E-state index contributed by atoms with van der Waals surface area (Å²) in [5.41, 5.74) is 1.73. The van der Waals surface area contributed by atoms with Crippen LogP contribution in [0.15, 0.2) is 58.9 Å². The zero-order chi connectivity index (χ0) is 20.5. The van der Waals surface area contributed by atoms with Gasteiger partial charge < -0.3 is 10.1 Å². The molecule has 3 rings (SSSR count). The molecule has 0 fully saturated rings. The minimum atomic E-state index is -3.48. The van der Waals surface area contributed by atoms with Crippen LogP contribution in [0.3, 0.4) is 0 Å². The number of aromatic nitrogens is 2. The van der Waals surface area contributed by atoms with Crippen molar-refractivity contribution >= 4 is 26.5 Å². The second-order valence-corrected chi connectivity index (χ2v) is 8.94. The Balaban J connectivity index is 1.33. The summed E-state index contributed by atoms with van der Waals surface area (Å²) >= 11 is 1.55. The molecule has 3 aromatic rings. The van der Waals surface area contributed by atoms with Crippen molar-refractivity contribution < 1.29 is 13.2 Å². The summed E-state index contributed by atoms with van der Waals surface area (Å²) in [5, 5.41) is 6.16. The van der Waals surface area contributed by atoms with Gasteiger partial charge in [0.15, 0.2) is 5.13 Å². The Morgan fingerprint density at radius 1 is 1.00 bits per heavy atom. The number of anilines is 1. The van der Waals surface area contributed by atoms with Crippen molar-refractivity contribution in [2.75, 3.05) is 25.5 Å². The molecule has 0 aliphatic heterocycles. The minimum Gasteiger partial charge on any atom is -0.497 e. The van der Waals surface area contributed by atoms with Crippen LogP contribution in [0, 0.1) is 0 Å². The summed E-state index contributed by atoms with van der Waals surface area (Å²) in [5.74, 6) is 0.629. The van der Waals surface area contributed by atoms with Crippen molar-refractivity contribution in [3.05, 3.63) is 54.0 Å². The third kappa shape index (κ3) is 6.25. The molecule has 2 heterocycles. The van der Waals surface area contributed by atoms with E-state index in [1.165, 1.54) is 0 Å². The smallest absolute Gasteiger partial charge is 0.240 e. The first-order valence-electron chi connectivity index (χ1n) is 9.33. The highest BCUT2D eigenvalue weighted by Gasteiger charge is 2.13. The molecule has 154 valence electrons. The highest BCUT2D eigenvalue weighted by molar-refractivity contribution is 7.89. The van der Waals surface area contributed by atoms with Gasteiger partial charge in [-0.1, -0.05) is 12.5 Å². The highest BCUT2D eigenvalue weighted by Crippen LogP contribution is 2.23. The first kappa shape index (κ1) is 21.2. The Kier molecular flexibility index (Phi) is 7.56. The van der Waals surface area contributed by atoms with Crippen LogP contribution in [0.25, 0.3) is 11.4 Å². The maximum absolute atomic E-state index is 12.2. The molecule has 0 aliphatic rings. The standard InChI is InChI=1S/C20H24N4O3S2/c1-27-16-8-10-17(11-9-16)29(25,26)23-14-5-2-4-13-22-20-24-19(15-28-20)18-7-3-6-12-21-18/h3,6-12,15,23H,2,4-5,13-14H2,1H3,(H,22,24). The third-order valence-electron chi connectivity index (χ3n) is 4.22. The van der Waals surface area contributed by atoms with Gasteiger partial charge in [0.05, 0.1) is 17.7 Å². The first-order chi connectivity index (χ1) is 14.1. The molecule has 7 nitrogen and oxygen atoms in total. The Hall–Kier alpha value is -2.49. The van der Waals surface area contributed by atoms with Crippen molar-refractivity contribution in [3.63, 3.8) is 0 Å². The molecule has 2 aromatic heterocycles. The van der Waals surface area contributed by atoms with E-state index in [0.717, 1.165) is 42.3 Å². The van der Waals surface area contributed by atoms with E-state index < -0.39 is 10.0 Å². The van der Waals surface area contributed by atoms with Gasteiger partial charge in [0.1, 0.15) is 11.4 Å². The van der Waals surface area contributed by atoms with Crippen LogP contribution in [-0.2, 0) is 10.0 Å². The predicted octanol–water partition coefficient (Wildman–Crippen LogP) is 3.77. The number of sulfonamides is 1. The summed E-state index contributed by atoms with van der Waals surface area (Å²) in [7, 11) is -1.93. The van der Waals surface area contributed by atoms with Gasteiger partial charge in [-0.15, -0.1) is 11.3 Å². The fourth-order valence-electron chi connectivity index (χ4n) is 2.65. The van der Waals surface area contributed by atoms with Crippen molar-refractivity contribution in [3.8, 4) is 17.1 Å². The average molecular weight is 433 g/mol. The Labute approximate surface area is 175 Å². The number of hydrogen-bond donors (Lipinski definition) is 2. The summed E-state index contributed by atoms with van der Waals surface area (Å²) in [4.78, 5) is 9.08. The molecule has 0 unspecified atom stereocenters. The van der Waals surface area contributed by atoms with E-state index in [1.54, 1.807) is 48.9 Å². The normalized spacial score (nSPS) is 11.3. The van der Waals surface area contributed by atoms with E-state index in [-0.39, 0.29) is 4.90 Å². The number of unbranched alkanes of at least 4 members (excludes halogenated alkanes) is 2. The van der Waals surface area contributed by atoms with E-state index >= 15 is 0 Å². The van der Waals surface area contributed by atoms with Gasteiger partial charge in [0, 0.05) is 24.7 Å². The van der Waals surface area contributed by atoms with Crippen LogP contribution in [0.5, 0.6) is 5.75 Å². The monoisotopic (exact) mass is 432 g/mol. The summed E-state index contributed by atoms with van der Waals surface area (Å²) in [6.45, 7) is 1.20. The lowest BCUT2D eigenvalue weighted by Crippen LogP contribution is -2.24. The number of nitrogens with one attached hydrogen (secondary N) is 2. The lowest BCUT2D eigenvalue weighted by molar-refractivity contribution is 0.414. The SMILES string of the molecule is COc1ccc(S(=O)(=O)NCCCCCNc2nc(-c3ccccn3)cs2)cc1. The molecule has 0 radical (unpaired) electrons. The summed E-state index contributed by atoms with van der Waals surface area (Å²) < 4.78 is 32.2. The maximum atomic E-state index is 12.2. The Morgan fingerprint density at radius 2 is 1.79 bits per heavy atom. The number of hydrogen-bond acceptors (Lipinski definition) is 7. The Morgan fingerprint density at radius 3 is 2.52 bits per heavy atom. The van der Waals surface area contributed by atoms with E-state index in [9.17, 15) is 8.42 Å². The highest BCUT2D eigenvalue weighted by atomic mass is 32.2. The zero-order valence-corrected chi connectivity index (χ0v) is 17.8. The van der Waals surface area contributed by atoms with E-state index in [1.807, 2.05) is 23.6 Å². The van der Waals surface area contributed by atoms with Crippen LogP contribution in [0.4, 0.5) is 5.13 Å². The minimum absolute atomic E-state index is 0.243. The van der Waals surface area contributed by atoms with Gasteiger partial charge in [0.2, 0.25) is 10.0 Å². The molecule has 0 amide bonds. The lowest BCUT2D eigenvalue weighted by atomic mass is 10.2. The molecule has 0 saturated carbocycles. The van der Waals surface area contributed by atoms with Crippen LogP contribution in [0.2, 0.25) is 0 Å². The molecular formula is C20H24N4O3S2. The number of rotatable bonds is 11. The number of methoxy groups -OCH3 is 1. The van der Waals surface area contributed by atoms with Gasteiger partial charge in [0.25, 0.3) is 0 Å². The molecule has 0 saturated heterocycles. The topological polar surface area (TPSA) is 93.2 Å². The maximum Gasteiger partial charge on any atom is 0.240 e. The molecule has 9 heteroatoms. The van der Waals surface area contributed by atoms with Crippen LogP contribution in [-0.4, -0.2) is 38.6 Å². The fourth-order valence-corrected chi connectivity index (χ4v) is 4.46. The number of pyridine rings is 1. The predicted molar refractivity (Wildman–Crippen MR) is 116 cm³/mol. The molecule has 29 heavy (non-hydrogen) atoms. The molecular weight excluding hydrogens is 408 g/mol. The quantitative estimate of drug-likeness (QED) is 0.448. The van der Waals surface area contributed by atoms with Crippen molar-refractivity contribution in [1.82, 2.24) is 14.7 Å². The second kappa shape index (κ2) is 10.3. The lowest BCUT2D eigenvalue weighted by Gasteiger charge is -2.08. The van der Waals surface area contributed by atoms with E-state index in [0.29, 0.717) is 12.3 Å². The fraction of sp³-hybridized carbons (Fsp3) is 0.300. The summed E-state index contributed by atoms with van der Waals surface area (Å²) in [6, 6.07) is 12.1. The second-order valence-electron chi connectivity index (χ2n) is 6.31. The van der Waals surface area contributed by atoms with Crippen LogP contribution in [0.1, 0.15) is 19.3 Å². The molecule has 0 aliphatic carbocycles. The average Bonchev–Trinajstić information content (AvgIpc) is 3.23. The van der Waals surface area contributed by atoms with Crippen LogP contribution >= 0.6 is 11.3 Å². The number of ether oxygens (including phenoxy) is 1. The molecule has 0 spiro atoms. The van der Waals surface area contributed by atoms with Crippen molar-refractivity contribution in [1.29, 1.82) is 0 Å². The van der Waals surface area contributed by atoms with Gasteiger partial charge in [-0.05, 0) is 49.2 Å². The van der Waals surface area contributed by atoms with Crippen molar-refractivity contribution in [2.45, 2.75) is 24.2 Å². The third-order valence-corrected chi connectivity index (χ3v) is 6.50. The largest absolute Gasteiger partial charge is 0.497 e. The van der Waals surface area contributed by atoms with E-state index in [4.69, 9.17) is 4.74 Å². The van der Waals surface area contributed by atoms with Gasteiger partial charge in [-0.2, -0.15) is 0 Å². The summed E-state index contributed by atoms with van der Waals surface area (Å²) in [6.07, 6.45) is 4.37. The van der Waals surface area contributed by atoms with Gasteiger partial charge >= 0.3 is 0 Å². The number of thiazole rings is 1. The van der Waals surface area contributed by atoms with Gasteiger partial charge in [-0.3, -0.25) is 4.98 Å².